The highest BCUT2D eigenvalue weighted by Crippen LogP contribution is 1.59. The quantitative estimate of drug-likeness (QED) is 0.367. The molecule has 0 unspecified atom stereocenters. The van der Waals surface area contributed by atoms with Gasteiger partial charge in [0.05, 0.1) is 0 Å². The van der Waals surface area contributed by atoms with Gasteiger partial charge in [-0.3, -0.25) is 17.5 Å². The zero-order chi connectivity index (χ0) is 9.00. The van der Waals surface area contributed by atoms with E-state index in [4.69, 9.17) is 35.0 Å². The average molecular weight is 210 g/mol. The van der Waals surface area contributed by atoms with E-state index in [1.54, 1.807) is 0 Å². The van der Waals surface area contributed by atoms with Gasteiger partial charge in [-0.15, -0.1) is 0 Å². The first-order valence-corrected chi connectivity index (χ1v) is 4.10. The van der Waals surface area contributed by atoms with Crippen molar-refractivity contribution in [2.45, 2.75) is 7.43 Å². The summed E-state index contributed by atoms with van der Waals surface area (Å²) in [5.41, 5.74) is 0. The van der Waals surface area contributed by atoms with Gasteiger partial charge in [0, 0.05) is 10.4 Å². The minimum absolute atomic E-state index is 0. The summed E-state index contributed by atoms with van der Waals surface area (Å²) in [7, 11) is -9.83. The summed E-state index contributed by atoms with van der Waals surface area (Å²) in [5.74, 6) is 0. The van der Waals surface area contributed by atoms with Crippen molar-refractivity contribution in [2.75, 3.05) is 0 Å². The second-order valence-corrected chi connectivity index (χ2v) is 2.57. The van der Waals surface area contributed by atoms with Crippen LogP contribution >= 0.6 is 0 Å². The third kappa shape index (κ3) is 8630. The van der Waals surface area contributed by atoms with Crippen LogP contribution in [-0.2, 0) is 20.8 Å². The van der Waals surface area contributed by atoms with Crippen LogP contribution in [0.25, 0.3) is 0 Å². The van der Waals surface area contributed by atoms with Gasteiger partial charge >= 0.3 is 10.4 Å². The lowest BCUT2D eigenvalue weighted by atomic mass is 12.0. The van der Waals surface area contributed by atoms with Crippen molar-refractivity contribution in [2.24, 2.45) is 0 Å². The topological polar surface area (TPSA) is 155 Å². The molecule has 0 aliphatic heterocycles. The number of rotatable bonds is 0. The Hall–Kier alpha value is -0.260. The lowest BCUT2D eigenvalue weighted by Gasteiger charge is -2.06. The molecule has 72 valence electrons. The fourth-order valence-electron chi connectivity index (χ4n) is 0. The van der Waals surface area contributed by atoms with Crippen molar-refractivity contribution in [3.8, 4) is 0 Å². The van der Waals surface area contributed by atoms with Gasteiger partial charge in [0.1, 0.15) is 0 Å². The fourth-order valence-corrected chi connectivity index (χ4v) is 0. The van der Waals surface area contributed by atoms with Crippen LogP contribution in [0.2, 0.25) is 0 Å². The summed E-state index contributed by atoms with van der Waals surface area (Å²) in [6.45, 7) is 0. The Morgan fingerprint density at radius 2 is 0.909 bits per heavy atom. The van der Waals surface area contributed by atoms with Gasteiger partial charge in [0.25, 0.3) is 0 Å². The monoisotopic (exact) mass is 210 g/mol. The molecule has 0 aliphatic carbocycles. The van der Waals surface area contributed by atoms with Crippen LogP contribution in [0.4, 0.5) is 0 Å². The van der Waals surface area contributed by atoms with Gasteiger partial charge in [0.2, 0.25) is 0 Å². The minimum Gasteiger partial charge on any atom is -0.759 e. The Bertz CT molecular complexity index is 208. The molecule has 0 aromatic carbocycles. The first-order valence-electron chi connectivity index (χ1n) is 1.37. The van der Waals surface area contributed by atoms with Crippen molar-refractivity contribution in [1.82, 2.24) is 0 Å². The van der Waals surface area contributed by atoms with Crippen LogP contribution < -0.4 is 0 Å². The third-order valence-electron chi connectivity index (χ3n) is 0. The predicted octanol–water partition coefficient (Wildman–Crippen LogP) is -1.35. The summed E-state index contributed by atoms with van der Waals surface area (Å²) in [4.78, 5) is 0. The lowest BCUT2D eigenvalue weighted by molar-refractivity contribution is 0.352. The zero-order valence-corrected chi connectivity index (χ0v) is 5.79. The molecule has 11 heavy (non-hydrogen) atoms. The van der Waals surface area contributed by atoms with Gasteiger partial charge in [-0.25, -0.2) is 0 Å². The molecule has 0 bridgehead atoms. The maximum atomic E-state index is 8.74. The Labute approximate surface area is 64.0 Å². The van der Waals surface area contributed by atoms with E-state index in [1.807, 2.05) is 0 Å². The maximum Gasteiger partial charge on any atom is 0.394 e. The van der Waals surface area contributed by atoms with E-state index in [2.05, 4.69) is 0 Å². The molecular weight excluding hydrogens is 204 g/mol. The van der Waals surface area contributed by atoms with E-state index in [-0.39, 0.29) is 7.43 Å². The highest BCUT2D eigenvalue weighted by atomic mass is 32.3. The second-order valence-electron chi connectivity index (χ2n) is 0.856. The number of hydrogen-bond donors (Lipinski definition) is 2. The van der Waals surface area contributed by atoms with Crippen LogP contribution in [-0.4, -0.2) is 35.0 Å². The van der Waals surface area contributed by atoms with E-state index in [9.17, 15) is 0 Å². The smallest absolute Gasteiger partial charge is 0.394 e. The SMILES string of the molecule is C.O=S(=O)(O)O.O=S(=O)([O-])[O-]. The zero-order valence-electron chi connectivity index (χ0n) is 4.16. The lowest BCUT2D eigenvalue weighted by Crippen LogP contribution is -1.91. The second kappa shape index (κ2) is 5.40. The first-order chi connectivity index (χ1) is 4.00. The van der Waals surface area contributed by atoms with Gasteiger partial charge in [-0.05, 0) is 0 Å². The van der Waals surface area contributed by atoms with E-state index in [0.717, 1.165) is 0 Å². The fraction of sp³-hybridized carbons (Fsp3) is 1.00. The van der Waals surface area contributed by atoms with Crippen molar-refractivity contribution < 1.29 is 35.0 Å². The van der Waals surface area contributed by atoms with Crippen LogP contribution in [0.3, 0.4) is 0 Å². The van der Waals surface area contributed by atoms with E-state index >= 15 is 0 Å². The molecule has 0 rings (SSSR count). The molecule has 0 amide bonds. The van der Waals surface area contributed by atoms with Crippen molar-refractivity contribution in [3.05, 3.63) is 0 Å². The molecule has 0 spiro atoms. The molecule has 0 aromatic heterocycles. The van der Waals surface area contributed by atoms with Gasteiger partial charge < -0.3 is 9.11 Å². The van der Waals surface area contributed by atoms with E-state index in [0.29, 0.717) is 0 Å². The van der Waals surface area contributed by atoms with Crippen LogP contribution in [0.1, 0.15) is 7.43 Å². The van der Waals surface area contributed by atoms with Crippen LogP contribution in [0, 0.1) is 0 Å². The molecule has 0 aromatic rings. The average Bonchev–Trinajstić information content (AvgIpc) is 1.12. The number of hydrogen-bond acceptors (Lipinski definition) is 6. The van der Waals surface area contributed by atoms with Crippen molar-refractivity contribution in [3.63, 3.8) is 0 Å². The highest BCUT2D eigenvalue weighted by molar-refractivity contribution is 7.80. The summed E-state index contributed by atoms with van der Waals surface area (Å²) in [6, 6.07) is 0. The van der Waals surface area contributed by atoms with E-state index in [1.165, 1.54) is 0 Å². The Kier molecular flexibility index (Phi) is 8.35. The molecular formula is CH6O8S2-2. The molecule has 2 N–H and O–H groups in total. The third-order valence-corrected chi connectivity index (χ3v) is 0. The summed E-state index contributed by atoms with van der Waals surface area (Å²) < 4.78 is 65.7. The molecule has 0 fully saturated rings. The van der Waals surface area contributed by atoms with E-state index < -0.39 is 20.8 Å². The molecule has 8 nitrogen and oxygen atoms in total. The normalized spacial score (nSPS) is 10.5. The summed E-state index contributed by atoms with van der Waals surface area (Å²) in [6.07, 6.45) is 0. The van der Waals surface area contributed by atoms with Crippen LogP contribution in [0.15, 0.2) is 0 Å². The van der Waals surface area contributed by atoms with Gasteiger partial charge in [0.15, 0.2) is 0 Å². The molecule has 0 aliphatic rings. The molecule has 0 atom stereocenters. The van der Waals surface area contributed by atoms with Crippen molar-refractivity contribution >= 4 is 20.8 Å². The summed E-state index contributed by atoms with van der Waals surface area (Å²) in [5, 5.41) is 0. The van der Waals surface area contributed by atoms with Gasteiger partial charge in [-0.1, -0.05) is 7.43 Å². The molecule has 10 heteroatoms. The van der Waals surface area contributed by atoms with Crippen molar-refractivity contribution in [1.29, 1.82) is 0 Å². The Morgan fingerprint density at radius 1 is 0.909 bits per heavy atom. The first kappa shape index (κ1) is 17.0. The summed E-state index contributed by atoms with van der Waals surface area (Å²) >= 11 is 0. The predicted molar refractivity (Wildman–Crippen MR) is 31.4 cm³/mol. The Balaban J connectivity index is -0.000000107. The maximum absolute atomic E-state index is 8.74. The standard InChI is InChI=1S/CH4.2H2O4S/c;2*1-5(2,3)4/h1H4;2*(H2,1,2,3,4)/p-2. The molecule has 0 radical (unpaired) electrons. The molecule has 0 heterocycles. The van der Waals surface area contributed by atoms with Gasteiger partial charge in [-0.2, -0.15) is 8.42 Å². The molecule has 0 saturated carbocycles. The minimum atomic E-state index is -5.17. The molecule has 0 saturated heterocycles. The Morgan fingerprint density at radius 3 is 0.909 bits per heavy atom. The van der Waals surface area contributed by atoms with Crippen LogP contribution in [0.5, 0.6) is 0 Å². The largest absolute Gasteiger partial charge is 0.759 e. The highest BCUT2D eigenvalue weighted by Gasteiger charge is 1.84.